The predicted molar refractivity (Wildman–Crippen MR) is 29.8 cm³/mol. The molecule has 0 spiro atoms. The van der Waals surface area contributed by atoms with Gasteiger partial charge >= 0.3 is 0 Å². The molecule has 0 aliphatic heterocycles. The zero-order valence-corrected chi connectivity index (χ0v) is 5.01. The number of carbonyl (C=O) groups excluding carboxylic acids is 1. The summed E-state index contributed by atoms with van der Waals surface area (Å²) < 4.78 is 0. The van der Waals surface area contributed by atoms with Gasteiger partial charge in [0.15, 0.2) is 0 Å². The van der Waals surface area contributed by atoms with Crippen molar-refractivity contribution in [1.29, 1.82) is 0 Å². The molecule has 2 N–H and O–H groups in total. The fraction of sp³-hybridized carbons (Fsp3) is 0.600. The van der Waals surface area contributed by atoms with Gasteiger partial charge in [-0.3, -0.25) is 4.79 Å². The highest BCUT2D eigenvalue weighted by Gasteiger charge is 1.98. The van der Waals surface area contributed by atoms with Crippen LogP contribution in [-0.4, -0.2) is 17.2 Å². The Labute approximate surface area is 48.7 Å². The van der Waals surface area contributed by atoms with E-state index < -0.39 is 6.23 Å². The summed E-state index contributed by atoms with van der Waals surface area (Å²) in [6, 6.07) is 0. The molecule has 1 amide bonds. The van der Waals surface area contributed by atoms with Crippen LogP contribution in [0.25, 0.3) is 0 Å². The topological polar surface area (TPSA) is 49.3 Å². The molecular weight excluding hydrogens is 106 g/mol. The lowest BCUT2D eigenvalue weighted by molar-refractivity contribution is -0.121. The Morgan fingerprint density at radius 2 is 2.38 bits per heavy atom. The summed E-state index contributed by atoms with van der Waals surface area (Å²) in [4.78, 5) is 10.1. The van der Waals surface area contributed by atoms with Crippen LogP contribution in [-0.2, 0) is 4.79 Å². The number of nitrogens with one attached hydrogen (secondary N) is 1. The zero-order chi connectivity index (χ0) is 6.57. The van der Waals surface area contributed by atoms with Crippen molar-refractivity contribution in [2.45, 2.75) is 20.1 Å². The lowest BCUT2D eigenvalue weighted by atomic mass is 10.4. The van der Waals surface area contributed by atoms with Crippen molar-refractivity contribution < 1.29 is 9.90 Å². The summed E-state index contributed by atoms with van der Waals surface area (Å²) in [5.41, 5.74) is 0. The van der Waals surface area contributed by atoms with Gasteiger partial charge in [-0.05, 0) is 0 Å². The molecule has 0 fully saturated rings. The summed E-state index contributed by atoms with van der Waals surface area (Å²) in [6.07, 6.45) is 0.689. The van der Waals surface area contributed by atoms with Gasteiger partial charge in [0.25, 0.3) is 0 Å². The largest absolute Gasteiger partial charge is 0.373 e. The van der Waals surface area contributed by atoms with Crippen LogP contribution >= 0.6 is 0 Å². The second-order valence-electron chi connectivity index (χ2n) is 1.48. The number of hydrogen-bond acceptors (Lipinski definition) is 2. The van der Waals surface area contributed by atoms with Crippen LogP contribution in [0.1, 0.15) is 13.8 Å². The second-order valence-corrected chi connectivity index (χ2v) is 1.48. The number of amides is 1. The third kappa shape index (κ3) is 3.61. The third-order valence-corrected chi connectivity index (χ3v) is 0.667. The van der Waals surface area contributed by atoms with Crippen molar-refractivity contribution in [2.24, 2.45) is 0 Å². The Kier molecular flexibility index (Phi) is 3.19. The maximum atomic E-state index is 10.1. The SMILES string of the molecule is C[CH]C(O)NC(C)=O. The average molecular weight is 116 g/mol. The highest BCUT2D eigenvalue weighted by molar-refractivity contribution is 5.73. The van der Waals surface area contributed by atoms with Gasteiger partial charge in [-0.15, -0.1) is 0 Å². The van der Waals surface area contributed by atoms with Crippen molar-refractivity contribution in [3.05, 3.63) is 6.42 Å². The van der Waals surface area contributed by atoms with E-state index in [9.17, 15) is 4.79 Å². The first-order chi connectivity index (χ1) is 3.66. The number of carbonyl (C=O) groups is 1. The second kappa shape index (κ2) is 3.43. The van der Waals surface area contributed by atoms with Crippen LogP contribution in [0.2, 0.25) is 0 Å². The maximum Gasteiger partial charge on any atom is 0.218 e. The molecule has 8 heavy (non-hydrogen) atoms. The van der Waals surface area contributed by atoms with Gasteiger partial charge in [0.2, 0.25) is 5.91 Å². The molecule has 1 radical (unpaired) electrons. The van der Waals surface area contributed by atoms with Gasteiger partial charge in [-0.1, -0.05) is 6.92 Å². The van der Waals surface area contributed by atoms with Crippen LogP contribution in [0.4, 0.5) is 0 Å². The van der Waals surface area contributed by atoms with Crippen molar-refractivity contribution >= 4 is 5.91 Å². The molecule has 1 unspecified atom stereocenters. The molecule has 3 heteroatoms. The molecule has 0 aliphatic carbocycles. The van der Waals surface area contributed by atoms with E-state index in [4.69, 9.17) is 5.11 Å². The van der Waals surface area contributed by atoms with E-state index in [2.05, 4.69) is 5.32 Å². The number of hydrogen-bond donors (Lipinski definition) is 2. The Bertz CT molecular complexity index is 82.5. The summed E-state index contributed by atoms with van der Waals surface area (Å²) in [6.45, 7) is 3.02. The molecule has 3 nitrogen and oxygen atoms in total. The number of rotatable bonds is 2. The first kappa shape index (κ1) is 7.43. The highest BCUT2D eigenvalue weighted by Crippen LogP contribution is 1.79. The van der Waals surface area contributed by atoms with Gasteiger partial charge in [-0.25, -0.2) is 0 Å². The minimum atomic E-state index is -0.799. The summed E-state index contributed by atoms with van der Waals surface area (Å²) in [5, 5.41) is 10.9. The average Bonchev–Trinajstić information content (AvgIpc) is 1.65. The molecule has 0 saturated carbocycles. The van der Waals surface area contributed by atoms with E-state index in [1.807, 2.05) is 0 Å². The van der Waals surface area contributed by atoms with E-state index in [1.54, 1.807) is 6.92 Å². The van der Waals surface area contributed by atoms with Crippen molar-refractivity contribution in [3.63, 3.8) is 0 Å². The van der Waals surface area contributed by atoms with Crippen LogP contribution < -0.4 is 5.32 Å². The summed E-state index contributed by atoms with van der Waals surface area (Å²) in [7, 11) is 0. The smallest absolute Gasteiger partial charge is 0.218 e. The van der Waals surface area contributed by atoms with E-state index in [0.29, 0.717) is 0 Å². The monoisotopic (exact) mass is 116 g/mol. The van der Waals surface area contributed by atoms with Gasteiger partial charge in [0.05, 0.1) is 0 Å². The molecule has 0 aromatic rings. The Morgan fingerprint density at radius 1 is 1.88 bits per heavy atom. The number of aliphatic hydroxyl groups excluding tert-OH is 1. The minimum absolute atomic E-state index is 0.226. The van der Waals surface area contributed by atoms with Crippen molar-refractivity contribution in [1.82, 2.24) is 5.32 Å². The lowest BCUT2D eigenvalue weighted by Crippen LogP contribution is -2.32. The molecule has 0 aromatic carbocycles. The Balaban J connectivity index is 3.24. The van der Waals surface area contributed by atoms with E-state index >= 15 is 0 Å². The normalized spacial score (nSPS) is 12.9. The first-order valence-corrected chi connectivity index (χ1v) is 2.41. The summed E-state index contributed by atoms with van der Waals surface area (Å²) in [5.74, 6) is -0.226. The molecule has 47 valence electrons. The molecule has 0 saturated heterocycles. The Morgan fingerprint density at radius 3 is 2.50 bits per heavy atom. The van der Waals surface area contributed by atoms with Gasteiger partial charge < -0.3 is 10.4 Å². The van der Waals surface area contributed by atoms with Crippen LogP contribution in [0.15, 0.2) is 0 Å². The molecule has 0 aliphatic rings. The maximum absolute atomic E-state index is 10.1. The highest BCUT2D eigenvalue weighted by atomic mass is 16.3. The van der Waals surface area contributed by atoms with Crippen LogP contribution in [0.3, 0.4) is 0 Å². The quantitative estimate of drug-likeness (QED) is 0.485. The molecule has 0 aromatic heterocycles. The predicted octanol–water partition coefficient (Wildman–Crippen LogP) is -0.335. The van der Waals surface area contributed by atoms with Crippen molar-refractivity contribution in [3.8, 4) is 0 Å². The number of aliphatic hydroxyl groups is 1. The molecular formula is C5H10NO2. The van der Waals surface area contributed by atoms with Crippen molar-refractivity contribution in [2.75, 3.05) is 0 Å². The molecule has 0 rings (SSSR count). The van der Waals surface area contributed by atoms with E-state index in [0.717, 1.165) is 0 Å². The fourth-order valence-corrected chi connectivity index (χ4v) is 0.292. The Hall–Kier alpha value is -0.570. The summed E-state index contributed by atoms with van der Waals surface area (Å²) >= 11 is 0. The van der Waals surface area contributed by atoms with E-state index in [1.165, 1.54) is 13.3 Å². The first-order valence-electron chi connectivity index (χ1n) is 2.41. The van der Waals surface area contributed by atoms with Gasteiger partial charge in [0, 0.05) is 13.3 Å². The fourth-order valence-electron chi connectivity index (χ4n) is 0.292. The van der Waals surface area contributed by atoms with Crippen LogP contribution in [0, 0.1) is 6.42 Å². The van der Waals surface area contributed by atoms with Crippen LogP contribution in [0.5, 0.6) is 0 Å². The molecule has 0 bridgehead atoms. The third-order valence-electron chi connectivity index (χ3n) is 0.667. The lowest BCUT2D eigenvalue weighted by Gasteiger charge is -2.05. The molecule has 0 heterocycles. The van der Waals surface area contributed by atoms with E-state index in [-0.39, 0.29) is 5.91 Å². The minimum Gasteiger partial charge on any atom is -0.373 e. The zero-order valence-electron chi connectivity index (χ0n) is 5.01. The van der Waals surface area contributed by atoms with Gasteiger partial charge in [-0.2, -0.15) is 0 Å². The molecule has 1 atom stereocenters. The van der Waals surface area contributed by atoms with Gasteiger partial charge in [0.1, 0.15) is 6.23 Å². The standard InChI is InChI=1S/C5H10NO2/c1-3-5(8)6-4(2)7/h3,5,8H,1-2H3,(H,6,7).